The summed E-state index contributed by atoms with van der Waals surface area (Å²) in [6, 6.07) is 0. The Morgan fingerprint density at radius 3 is 1.89 bits per heavy atom. The highest BCUT2D eigenvalue weighted by molar-refractivity contribution is 5.36. The average molecular weight is 260 g/mol. The van der Waals surface area contributed by atoms with Gasteiger partial charge in [0.15, 0.2) is 0 Å². The molecule has 0 amide bonds. The lowest BCUT2D eigenvalue weighted by Crippen LogP contribution is -2.40. The van der Waals surface area contributed by atoms with E-state index < -0.39 is 0 Å². The number of nitrogens with one attached hydrogen (secondary N) is 1. The number of hydrogen-bond donors (Lipinski definition) is 1. The van der Waals surface area contributed by atoms with Crippen LogP contribution in [-0.2, 0) is 9.53 Å². The first-order valence-corrected chi connectivity index (χ1v) is 7.02. The summed E-state index contributed by atoms with van der Waals surface area (Å²) in [5.74, 6) is 0.449. The van der Waals surface area contributed by atoms with Crippen LogP contribution in [0.4, 0.5) is 0 Å². The minimum Gasteiger partial charge on any atom is -0.468 e. The molecule has 0 bridgehead atoms. The zero-order chi connectivity index (χ0) is 14.2. The van der Waals surface area contributed by atoms with Gasteiger partial charge in [0.1, 0.15) is 0 Å². The van der Waals surface area contributed by atoms with E-state index in [0.29, 0.717) is 19.0 Å². The van der Waals surface area contributed by atoms with Crippen molar-refractivity contribution in [2.45, 2.75) is 40.5 Å². The van der Waals surface area contributed by atoms with Crippen LogP contribution in [0.3, 0.4) is 0 Å². The molecule has 1 N–H and O–H groups in total. The molecule has 0 aromatic carbocycles. The van der Waals surface area contributed by atoms with E-state index in [0.717, 1.165) is 13.1 Å². The molecule has 18 heavy (non-hydrogen) atoms. The number of carbonyl (C=O) groups excluding carboxylic acids is 1. The van der Waals surface area contributed by atoms with Gasteiger partial charge in [-0.05, 0) is 13.0 Å². The molecule has 1 fully saturated rings. The topological polar surface area (TPSA) is 41.6 Å². The molecule has 1 rings (SSSR count). The molecule has 0 spiro atoms. The maximum Gasteiger partial charge on any atom is 0.293 e. The Hall–Kier alpha value is -0.610. The van der Waals surface area contributed by atoms with Gasteiger partial charge in [0.2, 0.25) is 0 Å². The van der Waals surface area contributed by atoms with E-state index >= 15 is 0 Å². The third-order valence-corrected chi connectivity index (χ3v) is 2.34. The van der Waals surface area contributed by atoms with Gasteiger partial charge in [-0.25, -0.2) is 0 Å². The molecule has 0 atom stereocenters. The van der Waals surface area contributed by atoms with E-state index in [4.69, 9.17) is 0 Å². The van der Waals surface area contributed by atoms with Crippen LogP contribution in [0.15, 0.2) is 0 Å². The lowest BCUT2D eigenvalue weighted by atomic mass is 10.2. The van der Waals surface area contributed by atoms with Crippen molar-refractivity contribution in [1.82, 2.24) is 10.2 Å². The van der Waals surface area contributed by atoms with Gasteiger partial charge in [-0.15, -0.1) is 0 Å². The molecule has 110 valence electrons. The van der Waals surface area contributed by atoms with Crippen LogP contribution in [0.1, 0.15) is 40.5 Å². The summed E-state index contributed by atoms with van der Waals surface area (Å²) in [5.41, 5.74) is 0. The van der Waals surface area contributed by atoms with Gasteiger partial charge in [0, 0.05) is 26.2 Å². The first-order valence-electron chi connectivity index (χ1n) is 7.02. The van der Waals surface area contributed by atoms with Gasteiger partial charge in [-0.2, -0.15) is 0 Å². The van der Waals surface area contributed by atoms with Gasteiger partial charge in [0.05, 0.1) is 6.61 Å². The Kier molecular flexibility index (Phi) is 18.0. The summed E-state index contributed by atoms with van der Waals surface area (Å²) in [7, 11) is 2.15. The molecule has 1 aliphatic rings. The SMILES string of the molecule is CC(C)COC=O.CCCC.CN1CCNCC1. The largest absolute Gasteiger partial charge is 0.468 e. The van der Waals surface area contributed by atoms with E-state index in [1.807, 2.05) is 13.8 Å². The normalized spacial score (nSPS) is 15.0. The number of likely N-dealkylation sites (N-methyl/N-ethyl adjacent to an activating group) is 1. The van der Waals surface area contributed by atoms with Crippen molar-refractivity contribution in [3.8, 4) is 0 Å². The van der Waals surface area contributed by atoms with E-state index in [1.54, 1.807) is 0 Å². The summed E-state index contributed by atoms with van der Waals surface area (Å²) in [5, 5.41) is 3.27. The number of rotatable bonds is 4. The molecule has 0 aliphatic carbocycles. The monoisotopic (exact) mass is 260 g/mol. The fourth-order valence-electron chi connectivity index (χ4n) is 1.01. The smallest absolute Gasteiger partial charge is 0.293 e. The number of hydrogen-bond acceptors (Lipinski definition) is 4. The first-order chi connectivity index (χ1) is 8.58. The Labute approximate surface area is 113 Å². The van der Waals surface area contributed by atoms with Crippen molar-refractivity contribution in [2.75, 3.05) is 39.8 Å². The third kappa shape index (κ3) is 20.8. The average Bonchev–Trinajstić information content (AvgIpc) is 2.38. The highest BCUT2D eigenvalue weighted by Gasteiger charge is 2.01. The second-order valence-corrected chi connectivity index (χ2v) is 4.88. The molecular weight excluding hydrogens is 228 g/mol. The van der Waals surface area contributed by atoms with Crippen molar-refractivity contribution in [3.63, 3.8) is 0 Å². The number of nitrogens with zero attached hydrogens (tertiary/aromatic N) is 1. The van der Waals surface area contributed by atoms with Gasteiger partial charge in [0.25, 0.3) is 6.47 Å². The summed E-state index contributed by atoms with van der Waals surface area (Å²) in [6.45, 7) is 14.1. The molecule has 0 unspecified atom stereocenters. The van der Waals surface area contributed by atoms with Crippen LogP contribution in [0.5, 0.6) is 0 Å². The van der Waals surface area contributed by atoms with Crippen molar-refractivity contribution < 1.29 is 9.53 Å². The lowest BCUT2D eigenvalue weighted by Gasteiger charge is -2.21. The lowest BCUT2D eigenvalue weighted by molar-refractivity contribution is -0.129. The Morgan fingerprint density at radius 2 is 1.72 bits per heavy atom. The first kappa shape index (κ1) is 19.7. The van der Waals surface area contributed by atoms with Crippen molar-refractivity contribution in [1.29, 1.82) is 0 Å². The van der Waals surface area contributed by atoms with Gasteiger partial charge < -0.3 is 15.0 Å². The van der Waals surface area contributed by atoms with Gasteiger partial charge in [-0.3, -0.25) is 4.79 Å². The van der Waals surface area contributed by atoms with Crippen LogP contribution >= 0.6 is 0 Å². The molecule has 4 nitrogen and oxygen atoms in total. The maximum absolute atomic E-state index is 9.49. The van der Waals surface area contributed by atoms with E-state index in [2.05, 4.69) is 35.8 Å². The predicted octanol–water partition coefficient (Wildman–Crippen LogP) is 2.14. The van der Waals surface area contributed by atoms with Crippen LogP contribution < -0.4 is 5.32 Å². The van der Waals surface area contributed by atoms with Crippen molar-refractivity contribution >= 4 is 6.47 Å². The van der Waals surface area contributed by atoms with Crippen LogP contribution in [0.25, 0.3) is 0 Å². The summed E-state index contributed by atoms with van der Waals surface area (Å²) in [4.78, 5) is 11.8. The predicted molar refractivity (Wildman–Crippen MR) is 77.8 cm³/mol. The third-order valence-electron chi connectivity index (χ3n) is 2.34. The fraction of sp³-hybridized carbons (Fsp3) is 0.929. The zero-order valence-corrected chi connectivity index (χ0v) is 12.9. The molecule has 0 aromatic heterocycles. The summed E-state index contributed by atoms with van der Waals surface area (Å²) < 4.78 is 4.41. The molecule has 1 saturated heterocycles. The number of piperazine rings is 1. The number of ether oxygens (including phenoxy) is 1. The number of carbonyl (C=O) groups is 1. The quantitative estimate of drug-likeness (QED) is 0.786. The fourth-order valence-corrected chi connectivity index (χ4v) is 1.01. The minimum absolute atomic E-state index is 0.449. The van der Waals surface area contributed by atoms with Gasteiger partial charge in [-0.1, -0.05) is 40.5 Å². The molecule has 1 heterocycles. The summed E-state index contributed by atoms with van der Waals surface area (Å²) >= 11 is 0. The molecule has 0 aromatic rings. The Balaban J connectivity index is 0. The zero-order valence-electron chi connectivity index (χ0n) is 12.9. The van der Waals surface area contributed by atoms with Crippen LogP contribution in [0, 0.1) is 5.92 Å². The Morgan fingerprint density at radius 1 is 1.22 bits per heavy atom. The highest BCUT2D eigenvalue weighted by atomic mass is 16.5. The van der Waals surface area contributed by atoms with Crippen LogP contribution in [-0.4, -0.2) is 51.2 Å². The minimum atomic E-state index is 0.449. The van der Waals surface area contributed by atoms with E-state index in [9.17, 15) is 4.79 Å². The standard InChI is InChI=1S/C5H12N2.C5H10O2.C4H10/c1-7-4-2-6-3-5-7;1-5(2)3-7-4-6;1-3-4-2/h6H,2-5H2,1H3;4-5H,3H2,1-2H3;3-4H2,1-2H3. The highest BCUT2D eigenvalue weighted by Crippen LogP contribution is 1.88. The Bertz CT molecular complexity index is 156. The van der Waals surface area contributed by atoms with Crippen molar-refractivity contribution in [3.05, 3.63) is 0 Å². The van der Waals surface area contributed by atoms with Crippen molar-refractivity contribution in [2.24, 2.45) is 5.92 Å². The molecule has 0 saturated carbocycles. The molecule has 1 aliphatic heterocycles. The van der Waals surface area contributed by atoms with Crippen LogP contribution in [0.2, 0.25) is 0 Å². The molecular formula is C14H32N2O2. The second kappa shape index (κ2) is 16.4. The summed E-state index contributed by atoms with van der Waals surface area (Å²) in [6.07, 6.45) is 2.64. The molecule has 0 radical (unpaired) electrons. The van der Waals surface area contributed by atoms with E-state index in [1.165, 1.54) is 25.9 Å². The van der Waals surface area contributed by atoms with E-state index in [-0.39, 0.29) is 0 Å². The molecule has 4 heteroatoms. The maximum atomic E-state index is 9.49. The number of unbranched alkanes of at least 4 members (excludes halogenated alkanes) is 1. The van der Waals surface area contributed by atoms with Gasteiger partial charge >= 0.3 is 0 Å². The second-order valence-electron chi connectivity index (χ2n) is 4.88.